The van der Waals surface area contributed by atoms with Crippen molar-refractivity contribution in [3.63, 3.8) is 0 Å². The van der Waals surface area contributed by atoms with E-state index in [0.717, 1.165) is 61.6 Å². The highest BCUT2D eigenvalue weighted by Crippen LogP contribution is 2.37. The van der Waals surface area contributed by atoms with E-state index >= 15 is 0 Å². The highest BCUT2D eigenvalue weighted by atomic mass is 35.5. The minimum Gasteiger partial charge on any atom is -0.506 e. The van der Waals surface area contributed by atoms with E-state index in [9.17, 15) is 9.90 Å². The van der Waals surface area contributed by atoms with Crippen molar-refractivity contribution in [1.82, 2.24) is 5.32 Å². The van der Waals surface area contributed by atoms with Gasteiger partial charge in [-0.2, -0.15) is 0 Å². The van der Waals surface area contributed by atoms with Gasteiger partial charge in [0.15, 0.2) is 0 Å². The normalized spacial score (nSPS) is 20.1. The third-order valence-electron chi connectivity index (χ3n) is 5.23. The molecule has 2 aliphatic rings. The highest BCUT2D eigenvalue weighted by Gasteiger charge is 2.23. The van der Waals surface area contributed by atoms with Crippen molar-refractivity contribution < 1.29 is 14.3 Å². The van der Waals surface area contributed by atoms with Crippen LogP contribution in [0, 0.1) is 0 Å². The largest absolute Gasteiger partial charge is 0.506 e. The topological polar surface area (TPSA) is 71.7 Å². The van der Waals surface area contributed by atoms with Crippen molar-refractivity contribution >= 4 is 22.6 Å². The van der Waals surface area contributed by atoms with Crippen LogP contribution >= 0.6 is 11.6 Å². The van der Waals surface area contributed by atoms with Crippen molar-refractivity contribution in [3.05, 3.63) is 38.2 Å². The van der Waals surface area contributed by atoms with E-state index in [1.165, 1.54) is 0 Å². The molecule has 4 rings (SSSR count). The Hall–Kier alpha value is -1.56. The predicted molar refractivity (Wildman–Crippen MR) is 96.5 cm³/mol. The Morgan fingerprint density at radius 1 is 1.24 bits per heavy atom. The summed E-state index contributed by atoms with van der Waals surface area (Å²) in [5.74, 6) is -0.0204. The maximum Gasteiger partial charge on any atom is 0.339 e. The van der Waals surface area contributed by atoms with Crippen LogP contribution in [-0.2, 0) is 24.1 Å². The molecule has 1 atom stereocenters. The molecule has 1 aliphatic heterocycles. The lowest BCUT2D eigenvalue weighted by Crippen LogP contribution is -2.26. The molecular weight excluding hydrogens is 342 g/mol. The van der Waals surface area contributed by atoms with Crippen LogP contribution in [-0.4, -0.2) is 24.4 Å². The van der Waals surface area contributed by atoms with Crippen LogP contribution in [0.3, 0.4) is 0 Å². The Kier molecular flexibility index (Phi) is 4.71. The molecule has 0 spiro atoms. The zero-order chi connectivity index (χ0) is 17.4. The molecule has 0 unspecified atom stereocenters. The number of ether oxygens (including phenoxy) is 1. The number of phenolic OH excluding ortho intramolecular Hbond substituents is 1. The summed E-state index contributed by atoms with van der Waals surface area (Å²) < 4.78 is 11.2. The average Bonchev–Trinajstić information content (AvgIpc) is 3.13. The van der Waals surface area contributed by atoms with Crippen LogP contribution in [0.1, 0.15) is 42.4 Å². The number of aromatic hydroxyl groups is 1. The van der Waals surface area contributed by atoms with E-state index in [-0.39, 0.29) is 17.5 Å². The molecule has 2 N–H and O–H groups in total. The SMILES string of the molecule is O=c1oc2c(CNC[C@@H]3CCCO3)c(O)c(Cl)cc2c2c1CCCC2. The lowest BCUT2D eigenvalue weighted by atomic mass is 9.90. The van der Waals surface area contributed by atoms with E-state index in [1.54, 1.807) is 6.07 Å². The molecule has 2 heterocycles. The van der Waals surface area contributed by atoms with E-state index in [1.807, 2.05) is 0 Å². The van der Waals surface area contributed by atoms with Crippen LogP contribution in [0.2, 0.25) is 5.02 Å². The molecule has 1 fully saturated rings. The van der Waals surface area contributed by atoms with Gasteiger partial charge in [0, 0.05) is 30.6 Å². The fourth-order valence-corrected chi connectivity index (χ4v) is 4.15. The molecule has 5 nitrogen and oxygen atoms in total. The zero-order valence-electron chi connectivity index (χ0n) is 14.1. The molecule has 1 aromatic heterocycles. The standard InChI is InChI=1S/C19H22ClNO4/c20-16-8-14-12-5-1-2-6-13(12)19(23)25-18(14)15(17(16)22)10-21-9-11-4-3-7-24-11/h8,11,21-22H,1-7,9-10H2/t11-/m0/s1. The molecule has 2 aromatic rings. The van der Waals surface area contributed by atoms with Crippen molar-refractivity contribution in [2.75, 3.05) is 13.2 Å². The summed E-state index contributed by atoms with van der Waals surface area (Å²) in [6, 6.07) is 1.73. The predicted octanol–water partition coefficient (Wildman–Crippen LogP) is 3.30. The molecule has 6 heteroatoms. The van der Waals surface area contributed by atoms with Gasteiger partial charge in [-0.05, 0) is 50.2 Å². The van der Waals surface area contributed by atoms with Crippen LogP contribution in [0.25, 0.3) is 11.0 Å². The van der Waals surface area contributed by atoms with Crippen molar-refractivity contribution in [2.24, 2.45) is 0 Å². The molecular formula is C19H22ClNO4. The number of fused-ring (bicyclic) bond motifs is 3. The molecule has 1 saturated heterocycles. The summed E-state index contributed by atoms with van der Waals surface area (Å²) in [6.07, 6.45) is 5.98. The smallest absolute Gasteiger partial charge is 0.339 e. The second-order valence-electron chi connectivity index (χ2n) is 6.88. The van der Waals surface area contributed by atoms with Crippen LogP contribution in [0.4, 0.5) is 0 Å². The van der Waals surface area contributed by atoms with Gasteiger partial charge in [0.1, 0.15) is 11.3 Å². The van der Waals surface area contributed by atoms with Gasteiger partial charge in [0.05, 0.1) is 16.7 Å². The third-order valence-corrected chi connectivity index (χ3v) is 5.52. The highest BCUT2D eigenvalue weighted by molar-refractivity contribution is 6.33. The maximum atomic E-state index is 12.4. The van der Waals surface area contributed by atoms with Gasteiger partial charge in [0.25, 0.3) is 0 Å². The van der Waals surface area contributed by atoms with E-state index < -0.39 is 0 Å². The second-order valence-corrected chi connectivity index (χ2v) is 7.29. The number of hydrogen-bond acceptors (Lipinski definition) is 5. The summed E-state index contributed by atoms with van der Waals surface area (Å²) in [5, 5.41) is 14.9. The summed E-state index contributed by atoms with van der Waals surface area (Å²) in [6.45, 7) is 1.88. The molecule has 1 aromatic carbocycles. The summed E-state index contributed by atoms with van der Waals surface area (Å²) in [5.41, 5.74) is 2.50. The minimum absolute atomic E-state index is 0.0204. The molecule has 1 aliphatic carbocycles. The Balaban J connectivity index is 1.72. The first-order valence-electron chi connectivity index (χ1n) is 8.96. The van der Waals surface area contributed by atoms with Gasteiger partial charge in [-0.15, -0.1) is 0 Å². The lowest BCUT2D eigenvalue weighted by molar-refractivity contribution is 0.110. The Labute approximate surface area is 150 Å². The Bertz CT molecular complexity index is 855. The maximum absolute atomic E-state index is 12.4. The fourth-order valence-electron chi connectivity index (χ4n) is 3.93. The van der Waals surface area contributed by atoms with Gasteiger partial charge in [0.2, 0.25) is 0 Å². The third kappa shape index (κ3) is 3.16. The number of nitrogens with one attached hydrogen (secondary N) is 1. The summed E-state index contributed by atoms with van der Waals surface area (Å²) in [7, 11) is 0. The van der Waals surface area contributed by atoms with Crippen molar-refractivity contribution in [1.29, 1.82) is 0 Å². The quantitative estimate of drug-likeness (QED) is 0.815. The first-order chi connectivity index (χ1) is 12.1. The fraction of sp³-hybridized carbons (Fsp3) is 0.526. The van der Waals surface area contributed by atoms with E-state index in [2.05, 4.69) is 5.32 Å². The minimum atomic E-state index is -0.288. The van der Waals surface area contributed by atoms with Crippen LogP contribution in [0.5, 0.6) is 5.75 Å². The van der Waals surface area contributed by atoms with E-state index in [4.69, 9.17) is 20.8 Å². The summed E-state index contributed by atoms with van der Waals surface area (Å²) in [4.78, 5) is 12.4. The average molecular weight is 364 g/mol. The summed E-state index contributed by atoms with van der Waals surface area (Å²) >= 11 is 6.26. The van der Waals surface area contributed by atoms with E-state index in [0.29, 0.717) is 29.3 Å². The number of rotatable bonds is 4. The Morgan fingerprint density at radius 3 is 2.80 bits per heavy atom. The first kappa shape index (κ1) is 16.9. The molecule has 134 valence electrons. The van der Waals surface area contributed by atoms with Crippen LogP contribution < -0.4 is 10.9 Å². The van der Waals surface area contributed by atoms with Crippen molar-refractivity contribution in [3.8, 4) is 5.75 Å². The molecule has 0 radical (unpaired) electrons. The number of benzene rings is 1. The second kappa shape index (κ2) is 6.98. The molecule has 0 bridgehead atoms. The molecule has 0 amide bonds. The molecule has 25 heavy (non-hydrogen) atoms. The van der Waals surface area contributed by atoms with Gasteiger partial charge < -0.3 is 19.6 Å². The van der Waals surface area contributed by atoms with Gasteiger partial charge in [-0.1, -0.05) is 11.6 Å². The zero-order valence-corrected chi connectivity index (χ0v) is 14.8. The van der Waals surface area contributed by atoms with Gasteiger partial charge >= 0.3 is 5.63 Å². The monoisotopic (exact) mass is 363 g/mol. The van der Waals surface area contributed by atoms with Gasteiger partial charge in [-0.25, -0.2) is 4.79 Å². The molecule has 0 saturated carbocycles. The lowest BCUT2D eigenvalue weighted by Gasteiger charge is -2.19. The number of halogens is 1. The number of phenols is 1. The van der Waals surface area contributed by atoms with Gasteiger partial charge in [-0.3, -0.25) is 0 Å². The number of aryl methyl sites for hydroxylation is 1. The first-order valence-corrected chi connectivity index (χ1v) is 9.34. The Morgan fingerprint density at radius 2 is 2.04 bits per heavy atom. The van der Waals surface area contributed by atoms with Crippen molar-refractivity contribution in [2.45, 2.75) is 51.2 Å². The van der Waals surface area contributed by atoms with Crippen LogP contribution in [0.15, 0.2) is 15.3 Å². The number of hydrogen-bond donors (Lipinski definition) is 2.